The molecule has 0 aromatic carbocycles. The minimum Gasteiger partial charge on any atom is -0.468 e. The van der Waals surface area contributed by atoms with Crippen LogP contribution in [0.25, 0.3) is 0 Å². The molecule has 2 aliphatic heterocycles. The van der Waals surface area contributed by atoms with E-state index in [-0.39, 0.29) is 18.4 Å². The molecule has 0 radical (unpaired) electrons. The second-order valence-electron chi connectivity index (χ2n) is 6.32. The maximum atomic E-state index is 12.8. The van der Waals surface area contributed by atoms with E-state index in [1.165, 1.54) is 13.3 Å². The Labute approximate surface area is 140 Å². The Balaban J connectivity index is 2.10. The molecule has 0 bridgehead atoms. The number of nitrogens with one attached hydrogen (secondary N) is 1. The summed E-state index contributed by atoms with van der Waals surface area (Å²) in [6.45, 7) is 3.87. The van der Waals surface area contributed by atoms with E-state index < -0.39 is 29.4 Å². The quantitative estimate of drug-likeness (QED) is 0.644. The summed E-state index contributed by atoms with van der Waals surface area (Å²) >= 11 is 0. The molecule has 24 heavy (non-hydrogen) atoms. The Morgan fingerprint density at radius 1 is 1.38 bits per heavy atom. The molecular formula is C17H22N2O5. The number of hydrogen-bond donors (Lipinski definition) is 1. The molecular weight excluding hydrogens is 312 g/mol. The van der Waals surface area contributed by atoms with Gasteiger partial charge in [0.1, 0.15) is 11.3 Å². The summed E-state index contributed by atoms with van der Waals surface area (Å²) in [6.07, 6.45) is 2.60. The van der Waals surface area contributed by atoms with Crippen molar-refractivity contribution in [2.75, 3.05) is 13.7 Å². The molecule has 3 heterocycles. The van der Waals surface area contributed by atoms with E-state index in [0.29, 0.717) is 18.6 Å². The van der Waals surface area contributed by atoms with Crippen molar-refractivity contribution in [2.45, 2.75) is 38.3 Å². The van der Waals surface area contributed by atoms with E-state index in [1.807, 2.05) is 6.92 Å². The molecule has 2 fully saturated rings. The fourth-order valence-electron chi connectivity index (χ4n) is 4.03. The van der Waals surface area contributed by atoms with E-state index in [4.69, 9.17) is 9.15 Å². The predicted molar refractivity (Wildman–Crippen MR) is 83.6 cm³/mol. The second-order valence-corrected chi connectivity index (χ2v) is 6.32. The zero-order valence-corrected chi connectivity index (χ0v) is 14.1. The first kappa shape index (κ1) is 16.7. The summed E-state index contributed by atoms with van der Waals surface area (Å²) in [5.74, 6) is -2.00. The number of esters is 1. The molecule has 2 aliphatic rings. The van der Waals surface area contributed by atoms with Crippen molar-refractivity contribution in [2.24, 2.45) is 11.8 Å². The van der Waals surface area contributed by atoms with Gasteiger partial charge in [0.05, 0.1) is 30.7 Å². The molecule has 0 unspecified atom stereocenters. The first-order valence-electron chi connectivity index (χ1n) is 8.27. The molecule has 4 atom stereocenters. The molecule has 0 spiro atoms. The predicted octanol–water partition coefficient (Wildman–Crippen LogP) is 1.26. The van der Waals surface area contributed by atoms with Gasteiger partial charge >= 0.3 is 5.97 Å². The van der Waals surface area contributed by atoms with E-state index in [0.717, 1.165) is 4.90 Å². The lowest BCUT2D eigenvalue weighted by Gasteiger charge is -2.32. The van der Waals surface area contributed by atoms with Crippen LogP contribution in [0.5, 0.6) is 0 Å². The topological polar surface area (TPSA) is 88.8 Å². The molecule has 2 amide bonds. The highest BCUT2D eigenvalue weighted by Gasteiger charge is 2.68. The Morgan fingerprint density at radius 2 is 2.12 bits per heavy atom. The fraction of sp³-hybridized carbons (Fsp3) is 0.588. The number of fused-ring (bicyclic) bond motifs is 1. The zero-order valence-electron chi connectivity index (χ0n) is 14.1. The van der Waals surface area contributed by atoms with Gasteiger partial charge in [0.2, 0.25) is 11.8 Å². The molecule has 0 aliphatic carbocycles. The van der Waals surface area contributed by atoms with Gasteiger partial charge in [0.15, 0.2) is 0 Å². The van der Waals surface area contributed by atoms with Crippen LogP contribution in [-0.2, 0) is 19.1 Å². The number of amides is 2. The van der Waals surface area contributed by atoms with Gasteiger partial charge in [-0.1, -0.05) is 13.3 Å². The smallest absolute Gasteiger partial charge is 0.327 e. The van der Waals surface area contributed by atoms with Crippen LogP contribution in [0.2, 0.25) is 0 Å². The van der Waals surface area contributed by atoms with Crippen LogP contribution in [0.4, 0.5) is 0 Å². The summed E-state index contributed by atoms with van der Waals surface area (Å²) in [5.41, 5.74) is -1.20. The highest BCUT2D eigenvalue weighted by molar-refractivity contribution is 6.09. The number of rotatable bonds is 5. The third kappa shape index (κ3) is 2.18. The second kappa shape index (κ2) is 6.05. The first-order valence-corrected chi connectivity index (χ1v) is 8.27. The van der Waals surface area contributed by atoms with Crippen molar-refractivity contribution >= 4 is 17.8 Å². The number of furan rings is 1. The number of ether oxygens (including phenoxy) is 1. The average molecular weight is 334 g/mol. The molecule has 7 nitrogen and oxygen atoms in total. The van der Waals surface area contributed by atoms with Crippen molar-refractivity contribution < 1.29 is 23.5 Å². The Hall–Kier alpha value is -2.15. The van der Waals surface area contributed by atoms with Crippen molar-refractivity contribution in [3.05, 3.63) is 24.2 Å². The molecule has 0 saturated carbocycles. The molecule has 1 aromatic rings. The van der Waals surface area contributed by atoms with E-state index in [9.17, 15) is 14.4 Å². The minimum atomic E-state index is -1.20. The molecule has 1 N–H and O–H groups in total. The van der Waals surface area contributed by atoms with Crippen LogP contribution in [0.15, 0.2) is 22.8 Å². The van der Waals surface area contributed by atoms with Crippen LogP contribution in [-0.4, -0.2) is 41.9 Å². The number of likely N-dealkylation sites (tertiary alicyclic amines) is 1. The number of imide groups is 1. The summed E-state index contributed by atoms with van der Waals surface area (Å²) < 4.78 is 10.7. The van der Waals surface area contributed by atoms with Gasteiger partial charge in [0, 0.05) is 7.05 Å². The van der Waals surface area contributed by atoms with Gasteiger partial charge in [0.25, 0.3) is 0 Å². The number of hydrogen-bond acceptors (Lipinski definition) is 6. The average Bonchev–Trinajstić information content (AvgIpc) is 3.23. The highest BCUT2D eigenvalue weighted by Crippen LogP contribution is 2.50. The molecule has 3 rings (SSSR count). The van der Waals surface area contributed by atoms with E-state index in [1.54, 1.807) is 19.1 Å². The van der Waals surface area contributed by atoms with Crippen molar-refractivity contribution in [3.8, 4) is 0 Å². The lowest BCUT2D eigenvalue weighted by molar-refractivity contribution is -0.156. The van der Waals surface area contributed by atoms with Gasteiger partial charge < -0.3 is 9.15 Å². The minimum absolute atomic E-state index is 0.215. The van der Waals surface area contributed by atoms with Gasteiger partial charge in [-0.15, -0.1) is 0 Å². The first-order chi connectivity index (χ1) is 11.5. The Kier molecular flexibility index (Phi) is 4.21. The van der Waals surface area contributed by atoms with Crippen molar-refractivity contribution in [3.63, 3.8) is 0 Å². The third-order valence-corrected chi connectivity index (χ3v) is 5.01. The normalized spacial score (nSPS) is 32.3. The van der Waals surface area contributed by atoms with Crippen molar-refractivity contribution in [1.82, 2.24) is 10.2 Å². The Morgan fingerprint density at radius 3 is 2.71 bits per heavy atom. The molecule has 7 heteroatoms. The van der Waals surface area contributed by atoms with Crippen LogP contribution in [0, 0.1) is 11.8 Å². The lowest BCUT2D eigenvalue weighted by atomic mass is 9.77. The summed E-state index contributed by atoms with van der Waals surface area (Å²) in [4.78, 5) is 39.3. The Bertz CT molecular complexity index is 656. The molecule has 2 saturated heterocycles. The number of carbonyl (C=O) groups excluding carboxylic acids is 3. The van der Waals surface area contributed by atoms with Crippen LogP contribution < -0.4 is 5.32 Å². The summed E-state index contributed by atoms with van der Waals surface area (Å²) in [6, 6.07) is 2.95. The van der Waals surface area contributed by atoms with Crippen LogP contribution >= 0.6 is 0 Å². The largest absolute Gasteiger partial charge is 0.468 e. The summed E-state index contributed by atoms with van der Waals surface area (Å²) in [7, 11) is 1.46. The van der Waals surface area contributed by atoms with Gasteiger partial charge in [-0.25, -0.2) is 0 Å². The third-order valence-electron chi connectivity index (χ3n) is 5.01. The van der Waals surface area contributed by atoms with Crippen LogP contribution in [0.1, 0.15) is 38.5 Å². The SMILES string of the molecule is CCC[C@]1(C(=O)OCC)N[C@H](c2ccco2)[C@H]2C(=O)N(C)C(=O)[C@@H]21. The van der Waals surface area contributed by atoms with Crippen LogP contribution in [0.3, 0.4) is 0 Å². The maximum absolute atomic E-state index is 12.8. The zero-order chi connectivity index (χ0) is 17.5. The van der Waals surface area contributed by atoms with E-state index in [2.05, 4.69) is 5.32 Å². The van der Waals surface area contributed by atoms with E-state index >= 15 is 0 Å². The van der Waals surface area contributed by atoms with Gasteiger partial charge in [-0.2, -0.15) is 0 Å². The van der Waals surface area contributed by atoms with Gasteiger partial charge in [-0.3, -0.25) is 24.6 Å². The maximum Gasteiger partial charge on any atom is 0.327 e. The number of carbonyl (C=O) groups is 3. The molecule has 1 aromatic heterocycles. The summed E-state index contributed by atoms with van der Waals surface area (Å²) in [5, 5.41) is 3.24. The highest BCUT2D eigenvalue weighted by atomic mass is 16.5. The standard InChI is InChI=1S/C17H22N2O5/c1-4-8-17(16(22)23-5-2)12-11(14(20)19(3)15(12)21)13(18-17)10-7-6-9-24-10/h6-7,9,11-13,18H,4-5,8H2,1-3H3/t11-,12+,13+,17-/m0/s1. The van der Waals surface area contributed by atoms with Gasteiger partial charge in [-0.05, 0) is 25.5 Å². The lowest BCUT2D eigenvalue weighted by Crippen LogP contribution is -2.56. The fourth-order valence-corrected chi connectivity index (χ4v) is 4.03. The number of nitrogens with zero attached hydrogens (tertiary/aromatic N) is 1. The molecule has 130 valence electrons. The monoisotopic (exact) mass is 334 g/mol. The van der Waals surface area contributed by atoms with Crippen molar-refractivity contribution in [1.29, 1.82) is 0 Å².